The Kier molecular flexibility index (Phi) is 5.14. The molecule has 3 atom stereocenters. The van der Waals surface area contributed by atoms with Crippen molar-refractivity contribution in [3.05, 3.63) is 48.0 Å². The van der Waals surface area contributed by atoms with Crippen LogP contribution in [0.3, 0.4) is 0 Å². The van der Waals surface area contributed by atoms with Crippen LogP contribution in [0.5, 0.6) is 0 Å². The fourth-order valence-corrected chi connectivity index (χ4v) is 5.39. The summed E-state index contributed by atoms with van der Waals surface area (Å²) >= 11 is 0. The van der Waals surface area contributed by atoms with E-state index >= 15 is 0 Å². The van der Waals surface area contributed by atoms with Gasteiger partial charge in [-0.3, -0.25) is 4.90 Å². The highest BCUT2D eigenvalue weighted by Gasteiger charge is 2.47. The van der Waals surface area contributed by atoms with Gasteiger partial charge in [0, 0.05) is 19.0 Å². The van der Waals surface area contributed by atoms with Crippen LogP contribution < -0.4 is 0 Å². The normalized spacial score (nSPS) is 28.9. The predicted octanol–water partition coefficient (Wildman–Crippen LogP) is 4.68. The number of rotatable bonds is 4. The summed E-state index contributed by atoms with van der Waals surface area (Å²) in [5.74, 6) is -0.344. The number of hydrogen-bond donors (Lipinski definition) is 0. The Hall–Kier alpha value is -1.46. The largest absolute Gasteiger partial charge is 0.369 e. The van der Waals surface area contributed by atoms with E-state index in [1.165, 1.54) is 35.6 Å². The Morgan fingerprint density at radius 2 is 1.82 bits per heavy atom. The molecule has 0 N–H and O–H groups in total. The Morgan fingerprint density at radius 1 is 1.04 bits per heavy atom. The fraction of sp³-hybridized carbons (Fsp3) is 0.583. The van der Waals surface area contributed by atoms with E-state index < -0.39 is 0 Å². The van der Waals surface area contributed by atoms with E-state index in [9.17, 15) is 0 Å². The van der Waals surface area contributed by atoms with Gasteiger partial charge < -0.3 is 14.2 Å². The number of likely N-dealkylation sites (tertiary alicyclic amines) is 1. The van der Waals surface area contributed by atoms with Gasteiger partial charge in [0.25, 0.3) is 0 Å². The first-order valence-corrected chi connectivity index (χ1v) is 10.9. The molecule has 0 amide bonds. The predicted molar refractivity (Wildman–Crippen MR) is 110 cm³/mol. The zero-order valence-corrected chi connectivity index (χ0v) is 16.8. The minimum Gasteiger partial charge on any atom is -0.369 e. The maximum absolute atomic E-state index is 6.74. The molecule has 4 nitrogen and oxygen atoms in total. The molecule has 2 aliphatic heterocycles. The van der Waals surface area contributed by atoms with Crippen LogP contribution in [0.25, 0.3) is 10.8 Å². The molecule has 3 aliphatic rings. The van der Waals surface area contributed by atoms with Gasteiger partial charge in [0.05, 0.1) is 32.0 Å². The molecule has 0 bridgehead atoms. The lowest BCUT2D eigenvalue weighted by atomic mass is 9.91. The van der Waals surface area contributed by atoms with E-state index in [2.05, 4.69) is 54.3 Å². The molecular formula is C24H31NO3. The van der Waals surface area contributed by atoms with Crippen molar-refractivity contribution in [1.29, 1.82) is 0 Å². The summed E-state index contributed by atoms with van der Waals surface area (Å²) in [4.78, 5) is 2.57. The standard InChI is InChI=1S/C24H31NO3/c1-18(20-10-6-8-19-7-2-3-9-21(19)20)28-23-12-5-4-11-22(23)25-14-13-24(17-25)26-15-16-27-24/h2-3,6-10,18,22-23H,4-5,11-17H2,1H3/t18?,22-,23-/m1/s1. The monoisotopic (exact) mass is 381 g/mol. The van der Waals surface area contributed by atoms with Crippen LogP contribution in [-0.2, 0) is 14.2 Å². The van der Waals surface area contributed by atoms with Gasteiger partial charge in [0.15, 0.2) is 5.79 Å². The lowest BCUT2D eigenvalue weighted by Crippen LogP contribution is -2.47. The Bertz CT molecular complexity index is 811. The average molecular weight is 382 g/mol. The summed E-state index contributed by atoms with van der Waals surface area (Å²) in [5, 5.41) is 2.59. The van der Waals surface area contributed by atoms with Gasteiger partial charge in [-0.05, 0) is 36.1 Å². The van der Waals surface area contributed by atoms with Crippen LogP contribution in [0.15, 0.2) is 42.5 Å². The van der Waals surface area contributed by atoms with Crippen LogP contribution in [0, 0.1) is 0 Å². The summed E-state index contributed by atoms with van der Waals surface area (Å²) in [6, 6.07) is 15.6. The van der Waals surface area contributed by atoms with Crippen LogP contribution in [0.4, 0.5) is 0 Å². The quantitative estimate of drug-likeness (QED) is 0.770. The molecule has 1 spiro atoms. The number of hydrogen-bond acceptors (Lipinski definition) is 4. The zero-order valence-electron chi connectivity index (χ0n) is 16.8. The van der Waals surface area contributed by atoms with E-state index in [1.54, 1.807) is 0 Å². The van der Waals surface area contributed by atoms with Gasteiger partial charge >= 0.3 is 0 Å². The second kappa shape index (κ2) is 7.75. The molecule has 1 saturated carbocycles. The van der Waals surface area contributed by atoms with Gasteiger partial charge in [0.1, 0.15) is 0 Å². The third-order valence-electron chi connectivity index (χ3n) is 6.81. The average Bonchev–Trinajstić information content (AvgIpc) is 3.38. The van der Waals surface area contributed by atoms with Crippen molar-refractivity contribution in [2.75, 3.05) is 26.3 Å². The van der Waals surface area contributed by atoms with Crippen molar-refractivity contribution in [3.8, 4) is 0 Å². The summed E-state index contributed by atoms with van der Waals surface area (Å²) in [7, 11) is 0. The van der Waals surface area contributed by atoms with Crippen molar-refractivity contribution in [3.63, 3.8) is 0 Å². The highest BCUT2D eigenvalue weighted by Crippen LogP contribution is 2.37. The van der Waals surface area contributed by atoms with Crippen LogP contribution in [0.2, 0.25) is 0 Å². The van der Waals surface area contributed by atoms with E-state index in [4.69, 9.17) is 14.2 Å². The molecule has 2 saturated heterocycles. The van der Waals surface area contributed by atoms with Gasteiger partial charge in [-0.2, -0.15) is 0 Å². The highest BCUT2D eigenvalue weighted by atomic mass is 16.7. The first kappa shape index (κ1) is 18.6. The van der Waals surface area contributed by atoms with Crippen LogP contribution in [0.1, 0.15) is 50.7 Å². The minimum absolute atomic E-state index is 0.0900. The summed E-state index contributed by atoms with van der Waals surface area (Å²) in [6.45, 7) is 5.61. The van der Waals surface area contributed by atoms with Crippen molar-refractivity contribution >= 4 is 10.8 Å². The van der Waals surface area contributed by atoms with Gasteiger partial charge in [-0.25, -0.2) is 0 Å². The van der Waals surface area contributed by atoms with Gasteiger partial charge in [-0.1, -0.05) is 55.3 Å². The maximum Gasteiger partial charge on any atom is 0.182 e. The fourth-order valence-electron chi connectivity index (χ4n) is 5.39. The van der Waals surface area contributed by atoms with E-state index in [1.807, 2.05) is 0 Å². The zero-order chi connectivity index (χ0) is 19.0. The van der Waals surface area contributed by atoms with Gasteiger partial charge in [0.2, 0.25) is 0 Å². The van der Waals surface area contributed by atoms with Crippen LogP contribution >= 0.6 is 0 Å². The molecule has 4 heteroatoms. The Balaban J connectivity index is 1.33. The number of fused-ring (bicyclic) bond motifs is 1. The topological polar surface area (TPSA) is 30.9 Å². The van der Waals surface area contributed by atoms with Gasteiger partial charge in [-0.15, -0.1) is 0 Å². The molecule has 0 aromatic heterocycles. The Morgan fingerprint density at radius 3 is 2.71 bits per heavy atom. The Labute approximate surface area is 167 Å². The molecule has 150 valence electrons. The molecule has 28 heavy (non-hydrogen) atoms. The molecule has 3 fully saturated rings. The molecule has 2 aromatic carbocycles. The second-order valence-corrected chi connectivity index (χ2v) is 8.57. The molecule has 5 rings (SSSR count). The van der Waals surface area contributed by atoms with Crippen molar-refractivity contribution in [2.24, 2.45) is 0 Å². The highest BCUT2D eigenvalue weighted by molar-refractivity contribution is 5.85. The molecule has 1 unspecified atom stereocenters. The number of ether oxygens (including phenoxy) is 3. The summed E-state index contributed by atoms with van der Waals surface area (Å²) in [5.41, 5.74) is 1.29. The lowest BCUT2D eigenvalue weighted by Gasteiger charge is -2.39. The first-order chi connectivity index (χ1) is 13.7. The van der Waals surface area contributed by atoms with Crippen molar-refractivity contribution in [1.82, 2.24) is 4.90 Å². The molecule has 0 radical (unpaired) electrons. The SMILES string of the molecule is CC(O[C@@H]1CCCC[C@H]1N1CCC2(C1)OCCO2)c1cccc2ccccc12. The maximum atomic E-state index is 6.74. The summed E-state index contributed by atoms with van der Waals surface area (Å²) < 4.78 is 18.6. The molecular weight excluding hydrogens is 350 g/mol. The molecule has 1 aliphatic carbocycles. The lowest BCUT2D eigenvalue weighted by molar-refractivity contribution is -0.151. The number of nitrogens with zero attached hydrogens (tertiary/aromatic N) is 1. The third-order valence-corrected chi connectivity index (χ3v) is 6.81. The first-order valence-electron chi connectivity index (χ1n) is 10.9. The van der Waals surface area contributed by atoms with E-state index in [-0.39, 0.29) is 18.0 Å². The third kappa shape index (κ3) is 3.48. The van der Waals surface area contributed by atoms with E-state index in [0.717, 1.165) is 39.1 Å². The minimum atomic E-state index is -0.344. The van der Waals surface area contributed by atoms with Crippen molar-refractivity contribution < 1.29 is 14.2 Å². The number of benzene rings is 2. The molecule has 2 heterocycles. The smallest absolute Gasteiger partial charge is 0.182 e. The van der Waals surface area contributed by atoms with Crippen molar-refractivity contribution in [2.45, 2.75) is 63.1 Å². The second-order valence-electron chi connectivity index (χ2n) is 8.57. The van der Waals surface area contributed by atoms with E-state index in [0.29, 0.717) is 6.04 Å². The molecule has 2 aromatic rings. The van der Waals surface area contributed by atoms with Crippen LogP contribution in [-0.4, -0.2) is 49.1 Å². The summed E-state index contributed by atoms with van der Waals surface area (Å²) in [6.07, 6.45) is 6.25.